The Morgan fingerprint density at radius 2 is 1.76 bits per heavy atom. The van der Waals surface area contributed by atoms with Gasteiger partial charge in [0.15, 0.2) is 0 Å². The first-order chi connectivity index (χ1) is 11.9. The molecule has 0 bridgehead atoms. The molecule has 1 aromatic carbocycles. The van der Waals surface area contributed by atoms with Gasteiger partial charge in [0, 0.05) is 31.2 Å². The minimum atomic E-state index is -0.576. The van der Waals surface area contributed by atoms with E-state index in [-0.39, 0.29) is 5.91 Å². The van der Waals surface area contributed by atoms with Crippen molar-refractivity contribution in [2.75, 3.05) is 4.90 Å². The predicted octanol–water partition coefficient (Wildman–Crippen LogP) is 3.14. The Labute approximate surface area is 146 Å². The number of benzene rings is 1. The number of fused-ring (bicyclic) bond motifs is 1. The molecule has 0 atom stereocenters. The van der Waals surface area contributed by atoms with E-state index in [9.17, 15) is 4.79 Å². The van der Waals surface area contributed by atoms with Crippen molar-refractivity contribution in [3.05, 3.63) is 54.4 Å². The van der Waals surface area contributed by atoms with Crippen LogP contribution in [0.3, 0.4) is 0 Å². The van der Waals surface area contributed by atoms with Gasteiger partial charge in [-0.2, -0.15) is 5.10 Å². The van der Waals surface area contributed by atoms with Gasteiger partial charge in [0.25, 0.3) is 0 Å². The van der Waals surface area contributed by atoms with Crippen LogP contribution in [0.15, 0.2) is 43.0 Å². The van der Waals surface area contributed by atoms with Crippen LogP contribution in [0.4, 0.5) is 11.4 Å². The summed E-state index contributed by atoms with van der Waals surface area (Å²) in [5, 5.41) is 4.21. The maximum Gasteiger partial charge on any atom is 0.241 e. The standard InChI is InChI=1S/C19H19N5O/c1-12-20-8-14(9-21-12)13-5-6-16-17(7-13)24(18(25)19(16,2)3)15-10-22-23(4)11-15/h5-11H,1-4H3. The van der Waals surface area contributed by atoms with Gasteiger partial charge in [0.05, 0.1) is 23.0 Å². The summed E-state index contributed by atoms with van der Waals surface area (Å²) in [6.45, 7) is 5.77. The number of carbonyl (C=O) groups excluding carboxylic acids is 1. The normalized spacial score (nSPS) is 15.5. The van der Waals surface area contributed by atoms with Gasteiger partial charge in [-0.1, -0.05) is 12.1 Å². The van der Waals surface area contributed by atoms with E-state index in [4.69, 9.17) is 0 Å². The molecular weight excluding hydrogens is 314 g/mol. The van der Waals surface area contributed by atoms with E-state index in [1.807, 2.05) is 52.2 Å². The van der Waals surface area contributed by atoms with Gasteiger partial charge in [-0.05, 0) is 38.0 Å². The lowest BCUT2D eigenvalue weighted by molar-refractivity contribution is -0.121. The fourth-order valence-corrected chi connectivity index (χ4v) is 3.25. The number of hydrogen-bond donors (Lipinski definition) is 0. The van der Waals surface area contributed by atoms with Crippen LogP contribution in [0.2, 0.25) is 0 Å². The monoisotopic (exact) mass is 333 g/mol. The van der Waals surface area contributed by atoms with E-state index in [0.29, 0.717) is 0 Å². The minimum absolute atomic E-state index is 0.0489. The maximum absolute atomic E-state index is 13.1. The van der Waals surface area contributed by atoms with Crippen molar-refractivity contribution in [1.82, 2.24) is 19.7 Å². The molecule has 2 aromatic heterocycles. The molecule has 1 amide bonds. The Morgan fingerprint density at radius 1 is 1.04 bits per heavy atom. The predicted molar refractivity (Wildman–Crippen MR) is 95.6 cm³/mol. The van der Waals surface area contributed by atoms with Gasteiger partial charge in [0.2, 0.25) is 5.91 Å². The SMILES string of the molecule is Cc1ncc(-c2ccc3c(c2)N(c2cnn(C)c2)C(=O)C3(C)C)cn1. The number of anilines is 2. The molecule has 0 radical (unpaired) electrons. The molecule has 6 nitrogen and oxygen atoms in total. The third-order valence-corrected chi connectivity index (χ3v) is 4.71. The highest BCUT2D eigenvalue weighted by Gasteiger charge is 2.45. The summed E-state index contributed by atoms with van der Waals surface area (Å²) in [6, 6.07) is 6.08. The quantitative estimate of drug-likeness (QED) is 0.723. The largest absolute Gasteiger partial charge is 0.277 e. The van der Waals surface area contributed by atoms with E-state index < -0.39 is 5.41 Å². The van der Waals surface area contributed by atoms with Crippen molar-refractivity contribution in [3.63, 3.8) is 0 Å². The van der Waals surface area contributed by atoms with Crippen LogP contribution >= 0.6 is 0 Å². The van der Waals surface area contributed by atoms with Gasteiger partial charge in [-0.25, -0.2) is 9.97 Å². The van der Waals surface area contributed by atoms with E-state index in [1.165, 1.54) is 0 Å². The molecule has 0 saturated heterocycles. The number of carbonyl (C=O) groups is 1. The maximum atomic E-state index is 13.1. The third kappa shape index (κ3) is 2.33. The van der Waals surface area contributed by atoms with Gasteiger partial charge in [-0.15, -0.1) is 0 Å². The third-order valence-electron chi connectivity index (χ3n) is 4.71. The first-order valence-corrected chi connectivity index (χ1v) is 8.14. The molecule has 0 fully saturated rings. The number of aromatic nitrogens is 4. The molecule has 0 unspecified atom stereocenters. The fourth-order valence-electron chi connectivity index (χ4n) is 3.25. The Hall–Kier alpha value is -3.02. The molecule has 3 aromatic rings. The Bertz CT molecular complexity index is 972. The molecule has 1 aliphatic rings. The summed E-state index contributed by atoms with van der Waals surface area (Å²) in [6.07, 6.45) is 7.18. The second kappa shape index (κ2) is 5.24. The van der Waals surface area contributed by atoms with Crippen LogP contribution in [0.5, 0.6) is 0 Å². The number of rotatable bonds is 2. The lowest BCUT2D eigenvalue weighted by Crippen LogP contribution is -2.32. The van der Waals surface area contributed by atoms with Crippen molar-refractivity contribution in [2.24, 2.45) is 7.05 Å². The van der Waals surface area contributed by atoms with Crippen LogP contribution in [-0.2, 0) is 17.3 Å². The number of hydrogen-bond acceptors (Lipinski definition) is 4. The van der Waals surface area contributed by atoms with Crippen LogP contribution in [0.25, 0.3) is 11.1 Å². The summed E-state index contributed by atoms with van der Waals surface area (Å²) in [5.74, 6) is 0.783. The lowest BCUT2D eigenvalue weighted by atomic mass is 9.85. The van der Waals surface area contributed by atoms with E-state index in [0.717, 1.165) is 33.9 Å². The van der Waals surface area contributed by atoms with Crippen molar-refractivity contribution < 1.29 is 4.79 Å². The van der Waals surface area contributed by atoms with Crippen molar-refractivity contribution in [3.8, 4) is 11.1 Å². The average molecular weight is 333 g/mol. The number of aryl methyl sites for hydroxylation is 2. The summed E-state index contributed by atoms with van der Waals surface area (Å²) in [5.41, 5.74) is 4.01. The Balaban J connectivity index is 1.88. The molecule has 126 valence electrons. The molecular formula is C19H19N5O. The zero-order valence-electron chi connectivity index (χ0n) is 14.7. The number of amides is 1. The van der Waals surface area contributed by atoms with Gasteiger partial charge < -0.3 is 0 Å². The lowest BCUT2D eigenvalue weighted by Gasteiger charge is -2.18. The van der Waals surface area contributed by atoms with Gasteiger partial charge >= 0.3 is 0 Å². The minimum Gasteiger partial charge on any atom is -0.277 e. The summed E-state index contributed by atoms with van der Waals surface area (Å²) in [7, 11) is 1.84. The van der Waals surface area contributed by atoms with Gasteiger partial charge in [0.1, 0.15) is 5.82 Å². The van der Waals surface area contributed by atoms with Crippen LogP contribution < -0.4 is 4.90 Å². The van der Waals surface area contributed by atoms with Crippen molar-refractivity contribution >= 4 is 17.3 Å². The van der Waals surface area contributed by atoms with E-state index in [1.54, 1.807) is 28.2 Å². The summed E-state index contributed by atoms with van der Waals surface area (Å²) in [4.78, 5) is 23.3. The Morgan fingerprint density at radius 3 is 2.40 bits per heavy atom. The molecule has 0 aliphatic carbocycles. The highest BCUT2D eigenvalue weighted by atomic mass is 16.2. The highest BCUT2D eigenvalue weighted by Crippen LogP contribution is 2.46. The number of nitrogens with zero attached hydrogens (tertiary/aromatic N) is 5. The first kappa shape index (κ1) is 15.5. The average Bonchev–Trinajstić information content (AvgIpc) is 3.08. The molecule has 0 spiro atoms. The van der Waals surface area contributed by atoms with Crippen LogP contribution in [-0.4, -0.2) is 25.7 Å². The summed E-state index contributed by atoms with van der Waals surface area (Å²) < 4.78 is 1.70. The second-order valence-corrected chi connectivity index (χ2v) is 6.89. The summed E-state index contributed by atoms with van der Waals surface area (Å²) >= 11 is 0. The fraction of sp³-hybridized carbons (Fsp3) is 0.263. The smallest absolute Gasteiger partial charge is 0.241 e. The van der Waals surface area contributed by atoms with Crippen molar-refractivity contribution in [2.45, 2.75) is 26.2 Å². The van der Waals surface area contributed by atoms with E-state index in [2.05, 4.69) is 15.1 Å². The van der Waals surface area contributed by atoms with Gasteiger partial charge in [-0.3, -0.25) is 14.4 Å². The molecule has 3 heterocycles. The zero-order valence-corrected chi connectivity index (χ0v) is 14.7. The molecule has 6 heteroatoms. The van der Waals surface area contributed by atoms with Crippen LogP contribution in [0.1, 0.15) is 25.2 Å². The van der Waals surface area contributed by atoms with Crippen LogP contribution in [0, 0.1) is 6.92 Å². The molecule has 1 aliphatic heterocycles. The molecule has 0 N–H and O–H groups in total. The molecule has 25 heavy (non-hydrogen) atoms. The molecule has 4 rings (SSSR count). The highest BCUT2D eigenvalue weighted by molar-refractivity contribution is 6.12. The first-order valence-electron chi connectivity index (χ1n) is 8.14. The Kier molecular flexibility index (Phi) is 3.25. The second-order valence-electron chi connectivity index (χ2n) is 6.89. The van der Waals surface area contributed by atoms with Crippen molar-refractivity contribution in [1.29, 1.82) is 0 Å². The molecule has 0 saturated carbocycles. The zero-order chi connectivity index (χ0) is 17.8. The topological polar surface area (TPSA) is 63.9 Å². The van der Waals surface area contributed by atoms with E-state index >= 15 is 0 Å².